The molecule has 5 heteroatoms. The first-order chi connectivity index (χ1) is 9.50. The third-order valence-corrected chi connectivity index (χ3v) is 6.18. The maximum absolute atomic E-state index is 12.3. The van der Waals surface area contributed by atoms with E-state index in [-0.39, 0.29) is 29.6 Å². The van der Waals surface area contributed by atoms with Crippen LogP contribution in [0, 0.1) is 11.8 Å². The number of alkyl halides is 1. The van der Waals surface area contributed by atoms with Crippen molar-refractivity contribution in [3.8, 4) is 0 Å². The molecule has 0 unspecified atom stereocenters. The summed E-state index contributed by atoms with van der Waals surface area (Å²) in [6, 6.07) is 0.0833. The van der Waals surface area contributed by atoms with Crippen molar-refractivity contribution in [1.29, 1.82) is 0 Å². The number of ketones is 1. The highest BCUT2D eigenvalue weighted by Gasteiger charge is 2.56. The molecule has 112 valence electrons. The number of fused-ring (bicyclic) bond motifs is 1. The second-order valence-electron chi connectivity index (χ2n) is 6.63. The Bertz CT molecular complexity index is 427. The molecule has 3 fully saturated rings. The molecule has 0 bridgehead atoms. The van der Waals surface area contributed by atoms with Crippen LogP contribution < -0.4 is 5.32 Å². The number of aliphatic hydroxyl groups is 1. The van der Waals surface area contributed by atoms with E-state index >= 15 is 0 Å². The maximum Gasteiger partial charge on any atom is 0.252 e. The first-order valence-electron chi connectivity index (χ1n) is 7.71. The van der Waals surface area contributed by atoms with Gasteiger partial charge in [0.25, 0.3) is 5.91 Å². The first-order valence-corrected chi connectivity index (χ1v) is 8.62. The van der Waals surface area contributed by atoms with Crippen LogP contribution in [0.3, 0.4) is 0 Å². The fourth-order valence-electron chi connectivity index (χ4n) is 4.17. The molecule has 3 rings (SSSR count). The molecule has 0 spiro atoms. The Morgan fingerprint density at radius 1 is 1.25 bits per heavy atom. The lowest BCUT2D eigenvalue weighted by molar-refractivity contribution is -0.143. The molecule has 0 aromatic carbocycles. The van der Waals surface area contributed by atoms with Crippen molar-refractivity contribution in [2.75, 3.05) is 0 Å². The van der Waals surface area contributed by atoms with Crippen molar-refractivity contribution < 1.29 is 14.7 Å². The Balaban J connectivity index is 1.78. The van der Waals surface area contributed by atoms with Crippen LogP contribution in [0.25, 0.3) is 0 Å². The van der Waals surface area contributed by atoms with Gasteiger partial charge in [0.1, 0.15) is 11.4 Å². The summed E-state index contributed by atoms with van der Waals surface area (Å²) in [5.41, 5.74) is -1.34. The highest BCUT2D eigenvalue weighted by atomic mass is 79.9. The number of amides is 1. The number of hydrogen-bond acceptors (Lipinski definition) is 3. The van der Waals surface area contributed by atoms with E-state index in [9.17, 15) is 14.7 Å². The number of hydrogen-bond donors (Lipinski definition) is 2. The minimum absolute atomic E-state index is 0.0529. The van der Waals surface area contributed by atoms with Crippen molar-refractivity contribution >= 4 is 27.6 Å². The standard InChI is InChI=1S/C15H22BrNO3/c16-10-5-6-12-11(7-10)15(20,14(19)17-12)8-9-3-1-2-4-13(9)18/h9-12,20H,1-8H2,(H,17,19)/t9-,10+,11+,12-,15+/m0/s1. The van der Waals surface area contributed by atoms with Crippen molar-refractivity contribution in [3.63, 3.8) is 0 Å². The van der Waals surface area contributed by atoms with E-state index < -0.39 is 5.60 Å². The lowest BCUT2D eigenvalue weighted by Gasteiger charge is -2.37. The summed E-state index contributed by atoms with van der Waals surface area (Å²) in [5, 5.41) is 13.9. The molecule has 2 aliphatic carbocycles. The molecule has 2 saturated carbocycles. The van der Waals surface area contributed by atoms with Crippen molar-refractivity contribution in [1.82, 2.24) is 5.32 Å². The Labute approximate surface area is 127 Å². The second-order valence-corrected chi connectivity index (χ2v) is 7.93. The Morgan fingerprint density at radius 3 is 2.80 bits per heavy atom. The quantitative estimate of drug-likeness (QED) is 0.753. The third kappa shape index (κ3) is 2.43. The minimum atomic E-state index is -1.34. The van der Waals surface area contributed by atoms with E-state index in [1.165, 1.54) is 0 Å². The average Bonchev–Trinajstić information content (AvgIpc) is 2.65. The van der Waals surface area contributed by atoms with Crippen LogP contribution >= 0.6 is 15.9 Å². The van der Waals surface area contributed by atoms with Gasteiger partial charge in [0.2, 0.25) is 0 Å². The van der Waals surface area contributed by atoms with E-state index in [0.29, 0.717) is 17.7 Å². The Kier molecular flexibility index (Phi) is 3.93. The second kappa shape index (κ2) is 5.41. The first kappa shape index (κ1) is 14.5. The van der Waals surface area contributed by atoms with Gasteiger partial charge in [0, 0.05) is 29.1 Å². The molecule has 0 aromatic rings. The van der Waals surface area contributed by atoms with Gasteiger partial charge in [0.05, 0.1) is 0 Å². The zero-order chi connectivity index (χ0) is 14.3. The predicted molar refractivity (Wildman–Crippen MR) is 78.5 cm³/mol. The summed E-state index contributed by atoms with van der Waals surface area (Å²) in [6.07, 6.45) is 6.48. The highest BCUT2D eigenvalue weighted by molar-refractivity contribution is 9.09. The summed E-state index contributed by atoms with van der Waals surface area (Å²) in [6.45, 7) is 0. The van der Waals surface area contributed by atoms with Crippen LogP contribution in [0.2, 0.25) is 0 Å². The molecule has 2 N–H and O–H groups in total. The molecule has 1 saturated heterocycles. The fourth-order valence-corrected chi connectivity index (χ4v) is 4.84. The van der Waals surface area contributed by atoms with Gasteiger partial charge < -0.3 is 10.4 Å². The van der Waals surface area contributed by atoms with Gasteiger partial charge in [0.15, 0.2) is 0 Å². The SMILES string of the molecule is O=C1CCCC[C@H]1C[C@]1(O)C(=O)N[C@H]2CC[C@@H](Br)C[C@H]21. The van der Waals surface area contributed by atoms with Gasteiger partial charge in [-0.1, -0.05) is 22.4 Å². The van der Waals surface area contributed by atoms with Gasteiger partial charge in [-0.05, 0) is 38.5 Å². The summed E-state index contributed by atoms with van der Waals surface area (Å²) < 4.78 is 0. The topological polar surface area (TPSA) is 66.4 Å². The van der Waals surface area contributed by atoms with E-state index in [0.717, 1.165) is 38.5 Å². The molecular formula is C15H22BrNO3. The molecule has 3 aliphatic rings. The summed E-state index contributed by atoms with van der Waals surface area (Å²) in [7, 11) is 0. The lowest BCUT2D eigenvalue weighted by Crippen LogP contribution is -2.47. The molecule has 0 aromatic heterocycles. The van der Waals surface area contributed by atoms with Crippen LogP contribution in [0.1, 0.15) is 51.4 Å². The molecule has 5 atom stereocenters. The zero-order valence-electron chi connectivity index (χ0n) is 11.6. The Hall–Kier alpha value is -0.420. The number of Topliss-reactive ketones (excluding diaryl/α,β-unsaturated/α-hetero) is 1. The maximum atomic E-state index is 12.3. The van der Waals surface area contributed by atoms with Crippen LogP contribution in [0.5, 0.6) is 0 Å². The van der Waals surface area contributed by atoms with Gasteiger partial charge in [-0.3, -0.25) is 9.59 Å². The third-order valence-electron chi connectivity index (χ3n) is 5.35. The van der Waals surface area contributed by atoms with Gasteiger partial charge >= 0.3 is 0 Å². The molecule has 1 heterocycles. The molecule has 1 amide bonds. The van der Waals surface area contributed by atoms with Crippen molar-refractivity contribution in [3.05, 3.63) is 0 Å². The molecule has 4 nitrogen and oxygen atoms in total. The van der Waals surface area contributed by atoms with E-state index in [4.69, 9.17) is 0 Å². The normalized spacial score (nSPS) is 45.1. The lowest BCUT2D eigenvalue weighted by atomic mass is 9.71. The molecular weight excluding hydrogens is 322 g/mol. The smallest absolute Gasteiger partial charge is 0.252 e. The summed E-state index contributed by atoms with van der Waals surface area (Å²) in [4.78, 5) is 24.6. The van der Waals surface area contributed by atoms with Crippen LogP contribution in [0.4, 0.5) is 0 Å². The van der Waals surface area contributed by atoms with E-state index in [1.54, 1.807) is 0 Å². The largest absolute Gasteiger partial charge is 0.380 e. The molecule has 20 heavy (non-hydrogen) atoms. The van der Waals surface area contributed by atoms with E-state index in [1.807, 2.05) is 0 Å². The Morgan fingerprint density at radius 2 is 2.05 bits per heavy atom. The molecule has 0 radical (unpaired) electrons. The minimum Gasteiger partial charge on any atom is -0.380 e. The number of nitrogens with one attached hydrogen (secondary N) is 1. The van der Waals surface area contributed by atoms with Crippen LogP contribution in [-0.2, 0) is 9.59 Å². The number of carbonyl (C=O) groups excluding carboxylic acids is 2. The van der Waals surface area contributed by atoms with Crippen LogP contribution in [-0.4, -0.2) is 33.3 Å². The summed E-state index contributed by atoms with van der Waals surface area (Å²) in [5.74, 6) is -0.212. The number of carbonyl (C=O) groups is 2. The van der Waals surface area contributed by atoms with E-state index in [2.05, 4.69) is 21.2 Å². The fraction of sp³-hybridized carbons (Fsp3) is 0.867. The highest BCUT2D eigenvalue weighted by Crippen LogP contribution is 2.44. The van der Waals surface area contributed by atoms with Gasteiger partial charge in [-0.15, -0.1) is 0 Å². The van der Waals surface area contributed by atoms with Crippen LogP contribution in [0.15, 0.2) is 0 Å². The monoisotopic (exact) mass is 343 g/mol. The van der Waals surface area contributed by atoms with Gasteiger partial charge in [-0.25, -0.2) is 0 Å². The predicted octanol–water partition coefficient (Wildman–Crippen LogP) is 1.93. The van der Waals surface area contributed by atoms with Crippen molar-refractivity contribution in [2.24, 2.45) is 11.8 Å². The number of rotatable bonds is 2. The summed E-state index contributed by atoms with van der Waals surface area (Å²) >= 11 is 3.62. The number of halogens is 1. The van der Waals surface area contributed by atoms with Crippen molar-refractivity contribution in [2.45, 2.75) is 67.8 Å². The molecule has 1 aliphatic heterocycles. The zero-order valence-corrected chi connectivity index (χ0v) is 13.2. The van der Waals surface area contributed by atoms with Gasteiger partial charge in [-0.2, -0.15) is 0 Å². The average molecular weight is 344 g/mol.